The minimum atomic E-state index is -0.429. The van der Waals surface area contributed by atoms with Crippen molar-refractivity contribution < 1.29 is 4.92 Å². The van der Waals surface area contributed by atoms with E-state index in [2.05, 4.69) is 22.8 Å². The first kappa shape index (κ1) is 16.4. The molecule has 1 aromatic carbocycles. The molecule has 0 saturated heterocycles. The molecule has 2 atom stereocenters. The minimum absolute atomic E-state index is 0.0211. The first-order valence-corrected chi connectivity index (χ1v) is 7.81. The second-order valence-electron chi connectivity index (χ2n) is 5.53. The van der Waals surface area contributed by atoms with E-state index < -0.39 is 4.92 Å². The number of hydrazone groups is 1. The highest BCUT2D eigenvalue weighted by Crippen LogP contribution is 2.23. The van der Waals surface area contributed by atoms with Crippen LogP contribution in [0.4, 0.5) is 5.69 Å². The highest BCUT2D eigenvalue weighted by atomic mass is 32.1. The number of benzene rings is 1. The summed E-state index contributed by atoms with van der Waals surface area (Å²) in [5.74, 6) is 0.590. The van der Waals surface area contributed by atoms with E-state index in [1.54, 1.807) is 18.2 Å². The average Bonchev–Trinajstić information content (AvgIpc) is 2.50. The molecule has 0 aliphatic heterocycles. The smallest absolute Gasteiger partial charge is 0.278 e. The summed E-state index contributed by atoms with van der Waals surface area (Å²) in [5, 5.41) is 18.6. The number of nitro benzene ring substituents is 1. The van der Waals surface area contributed by atoms with Crippen LogP contribution in [-0.4, -0.2) is 22.3 Å². The molecular weight excluding hydrogens is 300 g/mol. The Morgan fingerprint density at radius 3 is 2.86 bits per heavy atom. The van der Waals surface area contributed by atoms with Gasteiger partial charge < -0.3 is 5.32 Å². The zero-order chi connectivity index (χ0) is 15.9. The largest absolute Gasteiger partial charge is 0.358 e. The molecule has 1 aliphatic carbocycles. The van der Waals surface area contributed by atoms with Crippen LogP contribution < -0.4 is 10.7 Å². The number of thiocarbonyl (C=S) groups is 1. The quantitative estimate of drug-likeness (QED) is 0.386. The van der Waals surface area contributed by atoms with Crippen molar-refractivity contribution in [3.05, 3.63) is 39.9 Å². The predicted octanol–water partition coefficient (Wildman–Crippen LogP) is 2.97. The van der Waals surface area contributed by atoms with Crippen LogP contribution in [0.3, 0.4) is 0 Å². The summed E-state index contributed by atoms with van der Waals surface area (Å²) in [6, 6.07) is 6.81. The van der Waals surface area contributed by atoms with Gasteiger partial charge in [-0.1, -0.05) is 31.9 Å². The Hall–Kier alpha value is -2.02. The lowest BCUT2D eigenvalue weighted by molar-refractivity contribution is -0.385. The zero-order valence-corrected chi connectivity index (χ0v) is 13.3. The molecule has 0 heterocycles. The van der Waals surface area contributed by atoms with Gasteiger partial charge in [0.05, 0.1) is 16.7 Å². The monoisotopic (exact) mass is 320 g/mol. The van der Waals surface area contributed by atoms with E-state index in [4.69, 9.17) is 12.2 Å². The van der Waals surface area contributed by atoms with E-state index in [9.17, 15) is 10.1 Å². The summed E-state index contributed by atoms with van der Waals surface area (Å²) in [7, 11) is 0. The first-order valence-electron chi connectivity index (χ1n) is 7.41. The third-order valence-corrected chi connectivity index (χ3v) is 4.14. The fourth-order valence-electron chi connectivity index (χ4n) is 2.65. The number of nitrogens with zero attached hydrogens (tertiary/aromatic N) is 2. The highest BCUT2D eigenvalue weighted by Gasteiger charge is 2.21. The SMILES string of the molecule is C[C@H]1CCCC[C@H]1NC(=S)N/N=C\c1ccccc1[N+](=O)[O-]. The van der Waals surface area contributed by atoms with Gasteiger partial charge in [0.2, 0.25) is 0 Å². The molecule has 0 spiro atoms. The molecular formula is C15H20N4O2S. The van der Waals surface area contributed by atoms with Crippen molar-refractivity contribution in [3.8, 4) is 0 Å². The molecule has 6 nitrogen and oxygen atoms in total. The van der Waals surface area contributed by atoms with Crippen molar-refractivity contribution >= 4 is 29.2 Å². The average molecular weight is 320 g/mol. The maximum atomic E-state index is 10.9. The molecule has 1 aromatic rings. The van der Waals surface area contributed by atoms with E-state index in [1.165, 1.54) is 31.5 Å². The first-order chi connectivity index (χ1) is 10.6. The molecule has 0 radical (unpaired) electrons. The van der Waals surface area contributed by atoms with Crippen LogP contribution >= 0.6 is 12.2 Å². The second kappa shape index (κ2) is 7.84. The topological polar surface area (TPSA) is 79.6 Å². The molecule has 0 amide bonds. The van der Waals surface area contributed by atoms with Gasteiger partial charge in [-0.15, -0.1) is 0 Å². The highest BCUT2D eigenvalue weighted by molar-refractivity contribution is 7.80. The number of nitro groups is 1. The summed E-state index contributed by atoms with van der Waals surface area (Å²) in [6.07, 6.45) is 6.21. The Kier molecular flexibility index (Phi) is 5.83. The summed E-state index contributed by atoms with van der Waals surface area (Å²) < 4.78 is 0. The van der Waals surface area contributed by atoms with Crippen LogP contribution in [0.15, 0.2) is 29.4 Å². The van der Waals surface area contributed by atoms with Crippen molar-refractivity contribution in [2.45, 2.75) is 38.6 Å². The van der Waals surface area contributed by atoms with Crippen LogP contribution in [-0.2, 0) is 0 Å². The summed E-state index contributed by atoms with van der Waals surface area (Å²) in [5.41, 5.74) is 3.19. The van der Waals surface area contributed by atoms with Crippen LogP contribution in [0, 0.1) is 16.0 Å². The van der Waals surface area contributed by atoms with E-state index >= 15 is 0 Å². The Morgan fingerprint density at radius 1 is 1.41 bits per heavy atom. The second-order valence-corrected chi connectivity index (χ2v) is 5.94. The lowest BCUT2D eigenvalue weighted by Gasteiger charge is -2.30. The summed E-state index contributed by atoms with van der Waals surface area (Å²) >= 11 is 5.22. The third kappa shape index (κ3) is 4.49. The van der Waals surface area contributed by atoms with Gasteiger partial charge in [0, 0.05) is 12.1 Å². The minimum Gasteiger partial charge on any atom is -0.358 e. The molecule has 0 bridgehead atoms. The van der Waals surface area contributed by atoms with Crippen LogP contribution in [0.1, 0.15) is 38.2 Å². The zero-order valence-electron chi connectivity index (χ0n) is 12.5. The molecule has 0 unspecified atom stereocenters. The maximum Gasteiger partial charge on any atom is 0.278 e. The van der Waals surface area contributed by atoms with Crippen molar-refractivity contribution in [3.63, 3.8) is 0 Å². The Morgan fingerprint density at radius 2 is 2.14 bits per heavy atom. The van der Waals surface area contributed by atoms with Crippen molar-refractivity contribution in [1.29, 1.82) is 0 Å². The normalized spacial score (nSPS) is 21.5. The van der Waals surface area contributed by atoms with Crippen LogP contribution in [0.2, 0.25) is 0 Å². The van der Waals surface area contributed by atoms with Gasteiger partial charge in [-0.3, -0.25) is 15.5 Å². The number of para-hydroxylation sites is 1. The molecule has 0 aromatic heterocycles. The fourth-order valence-corrected chi connectivity index (χ4v) is 2.86. The van der Waals surface area contributed by atoms with Gasteiger partial charge in [0.1, 0.15) is 0 Å². The predicted molar refractivity (Wildman–Crippen MR) is 91.0 cm³/mol. The molecule has 118 valence electrons. The molecule has 22 heavy (non-hydrogen) atoms. The van der Waals surface area contributed by atoms with Crippen molar-refractivity contribution in [2.75, 3.05) is 0 Å². The van der Waals surface area contributed by atoms with Gasteiger partial charge in [-0.05, 0) is 37.0 Å². The van der Waals surface area contributed by atoms with Crippen molar-refractivity contribution in [1.82, 2.24) is 10.7 Å². The Labute approximate surface area is 135 Å². The standard InChI is InChI=1S/C15H20N4O2S/c1-11-6-2-4-8-13(11)17-15(22)18-16-10-12-7-3-5-9-14(12)19(20)21/h3,5,7,9-11,13H,2,4,6,8H2,1H3,(H2,17,18,22)/b16-10-/t11-,13+/m0/s1. The number of rotatable bonds is 4. The van der Waals surface area contributed by atoms with E-state index in [0.717, 1.165) is 6.42 Å². The molecule has 1 fully saturated rings. The van der Waals surface area contributed by atoms with Gasteiger partial charge in [0.15, 0.2) is 5.11 Å². The maximum absolute atomic E-state index is 10.9. The van der Waals surface area contributed by atoms with Crippen LogP contribution in [0.25, 0.3) is 0 Å². The molecule has 2 N–H and O–H groups in total. The van der Waals surface area contributed by atoms with E-state index in [1.807, 2.05) is 0 Å². The fraction of sp³-hybridized carbons (Fsp3) is 0.467. The number of hydrogen-bond donors (Lipinski definition) is 2. The molecule has 7 heteroatoms. The van der Waals surface area contributed by atoms with Gasteiger partial charge >= 0.3 is 0 Å². The Bertz CT molecular complexity index is 576. The van der Waals surface area contributed by atoms with E-state index in [0.29, 0.717) is 22.6 Å². The van der Waals surface area contributed by atoms with Crippen molar-refractivity contribution in [2.24, 2.45) is 11.0 Å². The van der Waals surface area contributed by atoms with Gasteiger partial charge in [-0.25, -0.2) is 0 Å². The summed E-state index contributed by atoms with van der Waals surface area (Å²) in [4.78, 5) is 10.5. The van der Waals surface area contributed by atoms with E-state index in [-0.39, 0.29) is 5.69 Å². The lowest BCUT2D eigenvalue weighted by Crippen LogP contribution is -2.44. The summed E-state index contributed by atoms with van der Waals surface area (Å²) in [6.45, 7) is 2.22. The molecule has 1 saturated carbocycles. The lowest BCUT2D eigenvalue weighted by atomic mass is 9.86. The van der Waals surface area contributed by atoms with Gasteiger partial charge in [-0.2, -0.15) is 5.10 Å². The van der Waals surface area contributed by atoms with Gasteiger partial charge in [0.25, 0.3) is 5.69 Å². The number of hydrogen-bond acceptors (Lipinski definition) is 4. The Balaban J connectivity index is 1.89. The molecule has 1 aliphatic rings. The third-order valence-electron chi connectivity index (χ3n) is 3.93. The van der Waals surface area contributed by atoms with Crippen LogP contribution in [0.5, 0.6) is 0 Å². The molecule has 2 rings (SSSR count). The number of nitrogens with one attached hydrogen (secondary N) is 2.